The lowest BCUT2D eigenvalue weighted by Gasteiger charge is -2.18. The second kappa shape index (κ2) is 3.05. The number of cyclic esters (lactones) is 1. The summed E-state index contributed by atoms with van der Waals surface area (Å²) in [4.78, 5) is 22.1. The number of ether oxygens (including phenoxy) is 2. The zero-order valence-corrected chi connectivity index (χ0v) is 8.38. The van der Waals surface area contributed by atoms with E-state index in [0.29, 0.717) is 0 Å². The average molecular weight is 237 g/mol. The molecule has 0 aliphatic carbocycles. The molecule has 0 amide bonds. The first-order chi connectivity index (χ1) is 5.53. The van der Waals surface area contributed by atoms with Gasteiger partial charge < -0.3 is 9.47 Å². The van der Waals surface area contributed by atoms with Crippen molar-refractivity contribution < 1.29 is 19.1 Å². The number of carbonyl (C=O) groups is 2. The van der Waals surface area contributed by atoms with E-state index in [4.69, 9.17) is 4.74 Å². The third kappa shape index (κ3) is 1.12. The highest BCUT2D eigenvalue weighted by Crippen LogP contribution is 2.36. The van der Waals surface area contributed by atoms with Gasteiger partial charge in [0.1, 0.15) is 6.61 Å². The van der Waals surface area contributed by atoms with Crippen LogP contribution in [0.2, 0.25) is 0 Å². The molecule has 68 valence electrons. The summed E-state index contributed by atoms with van der Waals surface area (Å²) in [7, 11) is 1.25. The van der Waals surface area contributed by atoms with Gasteiger partial charge in [0, 0.05) is 0 Å². The molecule has 2 atom stereocenters. The number of carbonyl (C=O) groups excluding carboxylic acids is 2. The molecule has 1 saturated heterocycles. The van der Waals surface area contributed by atoms with E-state index in [2.05, 4.69) is 20.7 Å². The zero-order valence-electron chi connectivity index (χ0n) is 6.80. The van der Waals surface area contributed by atoms with Crippen LogP contribution in [0, 0.1) is 5.41 Å². The van der Waals surface area contributed by atoms with Crippen molar-refractivity contribution in [3.05, 3.63) is 0 Å². The molecule has 1 fully saturated rings. The van der Waals surface area contributed by atoms with Crippen molar-refractivity contribution in [3.8, 4) is 0 Å². The molecule has 1 rings (SSSR count). The summed E-state index contributed by atoms with van der Waals surface area (Å²) in [6.07, 6.45) is 0. The second-order valence-electron chi connectivity index (χ2n) is 2.76. The van der Waals surface area contributed by atoms with Gasteiger partial charge in [0.2, 0.25) is 0 Å². The van der Waals surface area contributed by atoms with Crippen molar-refractivity contribution in [1.82, 2.24) is 0 Å². The van der Waals surface area contributed by atoms with Crippen LogP contribution in [0.3, 0.4) is 0 Å². The predicted molar refractivity (Wildman–Crippen MR) is 43.8 cm³/mol. The molecule has 5 heteroatoms. The first-order valence-electron chi connectivity index (χ1n) is 3.43. The summed E-state index contributed by atoms with van der Waals surface area (Å²) >= 11 is 3.20. The van der Waals surface area contributed by atoms with E-state index in [1.165, 1.54) is 14.0 Å². The molecule has 0 bridgehead atoms. The average Bonchev–Trinajstić information content (AvgIpc) is 2.32. The highest BCUT2D eigenvalue weighted by atomic mass is 79.9. The second-order valence-corrected chi connectivity index (χ2v) is 3.87. The standard InChI is InChI=1S/C7H9BrO4/c1-7(5(9)11-2)4(8)3-12-6(7)10/h4H,3H2,1-2H3/t4-,7-/m1/s1. The molecular weight excluding hydrogens is 228 g/mol. The van der Waals surface area contributed by atoms with Gasteiger partial charge in [-0.15, -0.1) is 0 Å². The summed E-state index contributed by atoms with van der Waals surface area (Å²) in [6.45, 7) is 1.72. The van der Waals surface area contributed by atoms with Crippen LogP contribution in [0.15, 0.2) is 0 Å². The van der Waals surface area contributed by atoms with E-state index in [9.17, 15) is 9.59 Å². The first-order valence-corrected chi connectivity index (χ1v) is 4.34. The Balaban J connectivity index is 2.94. The van der Waals surface area contributed by atoms with Crippen LogP contribution in [-0.2, 0) is 19.1 Å². The number of methoxy groups -OCH3 is 1. The Morgan fingerprint density at radius 2 is 2.42 bits per heavy atom. The van der Waals surface area contributed by atoms with Gasteiger partial charge >= 0.3 is 11.9 Å². The van der Waals surface area contributed by atoms with Gasteiger partial charge in [-0.05, 0) is 6.92 Å². The summed E-state index contributed by atoms with van der Waals surface area (Å²) < 4.78 is 9.23. The molecule has 0 N–H and O–H groups in total. The quantitative estimate of drug-likeness (QED) is 0.378. The molecular formula is C7H9BrO4. The summed E-state index contributed by atoms with van der Waals surface area (Å²) in [5.74, 6) is -1.09. The van der Waals surface area contributed by atoms with Crippen LogP contribution in [0.4, 0.5) is 0 Å². The van der Waals surface area contributed by atoms with Crippen molar-refractivity contribution in [3.63, 3.8) is 0 Å². The van der Waals surface area contributed by atoms with E-state index in [-0.39, 0.29) is 11.4 Å². The molecule has 12 heavy (non-hydrogen) atoms. The molecule has 1 heterocycles. The number of rotatable bonds is 1. The van der Waals surface area contributed by atoms with Gasteiger partial charge in [-0.2, -0.15) is 0 Å². The fourth-order valence-electron chi connectivity index (χ4n) is 1.02. The van der Waals surface area contributed by atoms with E-state index in [1.807, 2.05) is 0 Å². The van der Waals surface area contributed by atoms with Crippen molar-refractivity contribution >= 4 is 27.9 Å². The monoisotopic (exact) mass is 236 g/mol. The normalized spacial score (nSPS) is 34.6. The molecule has 0 spiro atoms. The lowest BCUT2D eigenvalue weighted by molar-refractivity contribution is -0.161. The molecule has 0 saturated carbocycles. The van der Waals surface area contributed by atoms with Gasteiger partial charge in [0.05, 0.1) is 11.9 Å². The van der Waals surface area contributed by atoms with Gasteiger partial charge in [-0.1, -0.05) is 15.9 Å². The minimum Gasteiger partial charge on any atom is -0.468 e. The Labute approximate surface area is 78.3 Å². The topological polar surface area (TPSA) is 52.6 Å². The van der Waals surface area contributed by atoms with Crippen LogP contribution < -0.4 is 0 Å². The molecule has 0 radical (unpaired) electrons. The molecule has 1 aliphatic rings. The maximum Gasteiger partial charge on any atom is 0.324 e. The Hall–Kier alpha value is -0.580. The summed E-state index contributed by atoms with van der Waals surface area (Å²) in [5, 5.41) is 0. The van der Waals surface area contributed by atoms with E-state index in [0.717, 1.165) is 0 Å². The smallest absolute Gasteiger partial charge is 0.324 e. The molecule has 4 nitrogen and oxygen atoms in total. The number of hydrogen-bond acceptors (Lipinski definition) is 4. The van der Waals surface area contributed by atoms with Gasteiger partial charge in [0.25, 0.3) is 0 Å². The maximum atomic E-state index is 11.2. The number of halogens is 1. The van der Waals surface area contributed by atoms with Crippen molar-refractivity contribution in [2.24, 2.45) is 5.41 Å². The van der Waals surface area contributed by atoms with Crippen LogP contribution in [0.25, 0.3) is 0 Å². The largest absolute Gasteiger partial charge is 0.468 e. The highest BCUT2D eigenvalue weighted by molar-refractivity contribution is 9.09. The molecule has 0 aromatic rings. The van der Waals surface area contributed by atoms with Crippen LogP contribution in [0.1, 0.15) is 6.92 Å². The van der Waals surface area contributed by atoms with Gasteiger partial charge in [0.15, 0.2) is 5.41 Å². The molecule has 0 aromatic heterocycles. The fourth-order valence-corrected chi connectivity index (χ4v) is 1.52. The third-order valence-electron chi connectivity index (χ3n) is 2.02. The van der Waals surface area contributed by atoms with E-state index in [1.54, 1.807) is 0 Å². The van der Waals surface area contributed by atoms with E-state index >= 15 is 0 Å². The third-order valence-corrected chi connectivity index (χ3v) is 3.20. The van der Waals surface area contributed by atoms with Crippen molar-refractivity contribution in [2.45, 2.75) is 11.8 Å². The molecule has 1 aliphatic heterocycles. The van der Waals surface area contributed by atoms with Crippen LogP contribution in [-0.4, -0.2) is 30.5 Å². The SMILES string of the molecule is COC(=O)[C@]1(C)C(=O)OC[C@H]1Br. The lowest BCUT2D eigenvalue weighted by Crippen LogP contribution is -2.39. The van der Waals surface area contributed by atoms with E-state index < -0.39 is 17.4 Å². The lowest BCUT2D eigenvalue weighted by atomic mass is 9.89. The van der Waals surface area contributed by atoms with Crippen molar-refractivity contribution in [2.75, 3.05) is 13.7 Å². The minimum absolute atomic E-state index is 0.213. The van der Waals surface area contributed by atoms with Gasteiger partial charge in [-0.3, -0.25) is 9.59 Å². The predicted octanol–water partition coefficient (Wildman–Crippen LogP) is 0.486. The Morgan fingerprint density at radius 1 is 1.83 bits per heavy atom. The zero-order chi connectivity index (χ0) is 9.35. The Morgan fingerprint density at radius 3 is 2.75 bits per heavy atom. The highest BCUT2D eigenvalue weighted by Gasteiger charge is 2.54. The maximum absolute atomic E-state index is 11.2. The minimum atomic E-state index is -1.19. The summed E-state index contributed by atoms with van der Waals surface area (Å²) in [6, 6.07) is 0. The molecule has 0 aromatic carbocycles. The number of hydrogen-bond donors (Lipinski definition) is 0. The van der Waals surface area contributed by atoms with Gasteiger partial charge in [-0.25, -0.2) is 0 Å². The fraction of sp³-hybridized carbons (Fsp3) is 0.714. The summed E-state index contributed by atoms with van der Waals surface area (Å²) in [5.41, 5.74) is -1.19. The Bertz CT molecular complexity index is 227. The Kier molecular flexibility index (Phi) is 2.41. The first kappa shape index (κ1) is 9.51. The van der Waals surface area contributed by atoms with Crippen LogP contribution >= 0.6 is 15.9 Å². The number of alkyl halides is 1. The van der Waals surface area contributed by atoms with Crippen LogP contribution in [0.5, 0.6) is 0 Å². The van der Waals surface area contributed by atoms with Crippen molar-refractivity contribution in [1.29, 1.82) is 0 Å². The molecule has 0 unspecified atom stereocenters. The number of esters is 2.